The number of alkyl halides is 1. The zero-order valence-electron chi connectivity index (χ0n) is 6.84. The van der Waals surface area contributed by atoms with E-state index in [4.69, 9.17) is 0 Å². The number of rotatable bonds is 0. The summed E-state index contributed by atoms with van der Waals surface area (Å²) in [6.45, 7) is 6.95. The highest BCUT2D eigenvalue weighted by atomic mass is 127. The molecule has 0 N–H and O–H groups in total. The van der Waals surface area contributed by atoms with E-state index in [9.17, 15) is 0 Å². The summed E-state index contributed by atoms with van der Waals surface area (Å²) in [4.78, 5) is 0. The van der Waals surface area contributed by atoms with Crippen LogP contribution >= 0.6 is 22.6 Å². The van der Waals surface area contributed by atoms with Crippen molar-refractivity contribution in [1.29, 1.82) is 0 Å². The molecule has 0 aromatic carbocycles. The summed E-state index contributed by atoms with van der Waals surface area (Å²) < 4.78 is 0.831. The summed E-state index contributed by atoms with van der Waals surface area (Å²) >= 11 is 2.57. The lowest BCUT2D eigenvalue weighted by Crippen LogP contribution is -2.26. The molecule has 0 nitrogen and oxygen atoms in total. The topological polar surface area (TPSA) is 0 Å². The Hall–Kier alpha value is 0.470. The largest absolute Gasteiger partial charge is 0.0851 e. The van der Waals surface area contributed by atoms with E-state index in [2.05, 4.69) is 55.5 Å². The molecule has 0 aromatic heterocycles. The molecule has 4 unspecified atom stereocenters. The summed E-state index contributed by atoms with van der Waals surface area (Å²) in [5.41, 5.74) is 0. The van der Waals surface area contributed by atoms with Gasteiger partial charge in [0, 0.05) is 3.92 Å². The predicted molar refractivity (Wildman–Crippen MR) is 54.4 cm³/mol. The molecule has 58 valence electrons. The normalized spacial score (nSPS) is 47.6. The van der Waals surface area contributed by atoms with Gasteiger partial charge >= 0.3 is 0 Å². The molecule has 0 aliphatic heterocycles. The van der Waals surface area contributed by atoms with Gasteiger partial charge in [-0.05, 0) is 17.8 Å². The molecule has 0 heterocycles. The number of hydrogen-bond acceptors (Lipinski definition) is 0. The van der Waals surface area contributed by atoms with Crippen molar-refractivity contribution in [3.63, 3.8) is 0 Å². The van der Waals surface area contributed by atoms with Crippen LogP contribution in [0.15, 0.2) is 12.2 Å². The van der Waals surface area contributed by atoms with Crippen LogP contribution in [0.1, 0.15) is 20.8 Å². The molecule has 1 aliphatic carbocycles. The first-order valence-corrected chi connectivity index (χ1v) is 5.20. The fourth-order valence-electron chi connectivity index (χ4n) is 1.40. The van der Waals surface area contributed by atoms with Crippen molar-refractivity contribution in [3.8, 4) is 0 Å². The average Bonchev–Trinajstić information content (AvgIpc) is 1.93. The van der Waals surface area contributed by atoms with Crippen LogP contribution in [-0.2, 0) is 0 Å². The van der Waals surface area contributed by atoms with Crippen molar-refractivity contribution in [2.45, 2.75) is 24.7 Å². The molecule has 0 fully saturated rings. The van der Waals surface area contributed by atoms with Crippen LogP contribution in [0.2, 0.25) is 0 Å². The quantitative estimate of drug-likeness (QED) is 0.351. The van der Waals surface area contributed by atoms with Crippen LogP contribution in [-0.4, -0.2) is 3.92 Å². The first-order chi connectivity index (χ1) is 4.63. The van der Waals surface area contributed by atoms with Crippen molar-refractivity contribution in [1.82, 2.24) is 0 Å². The summed E-state index contributed by atoms with van der Waals surface area (Å²) in [6, 6.07) is 0. The van der Waals surface area contributed by atoms with Crippen molar-refractivity contribution in [3.05, 3.63) is 12.2 Å². The molecule has 1 aliphatic rings. The van der Waals surface area contributed by atoms with E-state index in [0.29, 0.717) is 0 Å². The lowest BCUT2D eigenvalue weighted by Gasteiger charge is -2.30. The van der Waals surface area contributed by atoms with Crippen molar-refractivity contribution < 1.29 is 0 Å². The molecule has 1 rings (SSSR count). The Labute approximate surface area is 77.2 Å². The monoisotopic (exact) mass is 250 g/mol. The molecule has 4 atom stereocenters. The van der Waals surface area contributed by atoms with Crippen LogP contribution in [0, 0.1) is 17.8 Å². The Bertz CT molecular complexity index is 124. The smallest absolute Gasteiger partial charge is 0.0201 e. The van der Waals surface area contributed by atoms with E-state index in [1.807, 2.05) is 0 Å². The summed E-state index contributed by atoms with van der Waals surface area (Å²) in [5.74, 6) is 2.39. The predicted octanol–water partition coefficient (Wildman–Crippen LogP) is 3.27. The van der Waals surface area contributed by atoms with E-state index in [1.54, 1.807) is 0 Å². The standard InChI is InChI=1S/C9H15I/c1-6-4-5-7(2)9(10)8(6)3/h4-9H,1-3H3. The Kier molecular flexibility index (Phi) is 2.78. The maximum atomic E-state index is 2.57. The zero-order chi connectivity index (χ0) is 7.72. The fourth-order valence-corrected chi connectivity index (χ4v) is 2.30. The van der Waals surface area contributed by atoms with Gasteiger partial charge in [0.15, 0.2) is 0 Å². The fraction of sp³-hybridized carbons (Fsp3) is 0.778. The summed E-state index contributed by atoms with van der Waals surface area (Å²) in [5, 5.41) is 0. The van der Waals surface area contributed by atoms with Crippen molar-refractivity contribution in [2.75, 3.05) is 0 Å². The Morgan fingerprint density at radius 3 is 2.00 bits per heavy atom. The maximum absolute atomic E-state index is 2.57. The average molecular weight is 250 g/mol. The van der Waals surface area contributed by atoms with E-state index >= 15 is 0 Å². The molecule has 0 saturated carbocycles. The van der Waals surface area contributed by atoms with Gasteiger partial charge in [-0.2, -0.15) is 0 Å². The summed E-state index contributed by atoms with van der Waals surface area (Å²) in [7, 11) is 0. The Morgan fingerprint density at radius 2 is 1.50 bits per heavy atom. The van der Waals surface area contributed by atoms with Gasteiger partial charge in [0.25, 0.3) is 0 Å². The highest BCUT2D eigenvalue weighted by Gasteiger charge is 2.25. The molecule has 10 heavy (non-hydrogen) atoms. The van der Waals surface area contributed by atoms with Gasteiger partial charge < -0.3 is 0 Å². The van der Waals surface area contributed by atoms with Crippen LogP contribution in [0.3, 0.4) is 0 Å². The minimum Gasteiger partial charge on any atom is -0.0851 e. The van der Waals surface area contributed by atoms with Gasteiger partial charge in [-0.3, -0.25) is 0 Å². The van der Waals surface area contributed by atoms with Crippen molar-refractivity contribution in [2.24, 2.45) is 17.8 Å². The molecule has 0 amide bonds. The first-order valence-electron chi connectivity index (χ1n) is 3.95. The second kappa shape index (κ2) is 3.24. The highest BCUT2D eigenvalue weighted by Crippen LogP contribution is 2.33. The highest BCUT2D eigenvalue weighted by molar-refractivity contribution is 14.1. The Morgan fingerprint density at radius 1 is 1.00 bits per heavy atom. The molecule has 1 heteroatoms. The van der Waals surface area contributed by atoms with E-state index in [-0.39, 0.29) is 0 Å². The molecular formula is C9H15I. The minimum atomic E-state index is 0.770. The number of halogens is 1. The third-order valence-electron chi connectivity index (χ3n) is 2.55. The second-order valence-electron chi connectivity index (χ2n) is 3.41. The molecule has 0 spiro atoms. The Balaban J connectivity index is 2.69. The molecule has 0 bridgehead atoms. The first kappa shape index (κ1) is 8.57. The van der Waals surface area contributed by atoms with Crippen molar-refractivity contribution >= 4 is 22.6 Å². The van der Waals surface area contributed by atoms with E-state index in [1.165, 1.54) is 0 Å². The van der Waals surface area contributed by atoms with Gasteiger partial charge in [0.1, 0.15) is 0 Å². The van der Waals surface area contributed by atoms with E-state index < -0.39 is 0 Å². The van der Waals surface area contributed by atoms with Crippen LogP contribution in [0.5, 0.6) is 0 Å². The van der Waals surface area contributed by atoms with Crippen LogP contribution in [0.25, 0.3) is 0 Å². The van der Waals surface area contributed by atoms with Crippen LogP contribution in [0.4, 0.5) is 0 Å². The van der Waals surface area contributed by atoms with Gasteiger partial charge in [-0.25, -0.2) is 0 Å². The number of hydrogen-bond donors (Lipinski definition) is 0. The third-order valence-corrected chi connectivity index (χ3v) is 4.82. The molecule has 0 aromatic rings. The molecule has 0 saturated heterocycles. The summed E-state index contributed by atoms with van der Waals surface area (Å²) in [6.07, 6.45) is 4.70. The van der Waals surface area contributed by atoms with Gasteiger partial charge in [-0.1, -0.05) is 55.5 Å². The lowest BCUT2D eigenvalue weighted by atomic mass is 9.82. The van der Waals surface area contributed by atoms with Gasteiger partial charge in [-0.15, -0.1) is 0 Å². The van der Waals surface area contributed by atoms with Gasteiger partial charge in [0.05, 0.1) is 0 Å². The lowest BCUT2D eigenvalue weighted by molar-refractivity contribution is 0.390. The van der Waals surface area contributed by atoms with Gasteiger partial charge in [0.2, 0.25) is 0 Å². The molecule has 0 radical (unpaired) electrons. The minimum absolute atomic E-state index is 0.770. The maximum Gasteiger partial charge on any atom is 0.0201 e. The van der Waals surface area contributed by atoms with E-state index in [0.717, 1.165) is 21.7 Å². The third kappa shape index (κ3) is 1.55. The zero-order valence-corrected chi connectivity index (χ0v) is 9.00. The van der Waals surface area contributed by atoms with Crippen LogP contribution < -0.4 is 0 Å². The number of allylic oxidation sites excluding steroid dienone is 2. The second-order valence-corrected chi connectivity index (χ2v) is 4.85. The molecular weight excluding hydrogens is 235 g/mol. The SMILES string of the molecule is CC1C=CC(C)C(I)C1C.